The third-order valence-electron chi connectivity index (χ3n) is 5.09. The summed E-state index contributed by atoms with van der Waals surface area (Å²) in [6.45, 7) is 4.62. The lowest BCUT2D eigenvalue weighted by Crippen LogP contribution is -2.23. The van der Waals surface area contributed by atoms with E-state index < -0.39 is 0 Å². The molecular formula is C14H23NO. The minimum Gasteiger partial charge on any atom is -0.410 e. The number of nitrogens with zero attached hydrogens (tertiary/aromatic N) is 1. The van der Waals surface area contributed by atoms with E-state index in [1.165, 1.54) is 37.9 Å². The molecule has 0 aromatic heterocycles. The van der Waals surface area contributed by atoms with Crippen LogP contribution in [0.1, 0.15) is 46.0 Å². The SMILES string of the molecule is CCC1C2CCC3=C(CCC12)C(C)N(C)O3. The molecule has 0 aromatic carbocycles. The monoisotopic (exact) mass is 221 g/mol. The number of fused-ring (bicyclic) bond motifs is 1. The van der Waals surface area contributed by atoms with Gasteiger partial charge in [-0.3, -0.25) is 0 Å². The van der Waals surface area contributed by atoms with Gasteiger partial charge in [-0.15, -0.1) is 5.06 Å². The molecule has 90 valence electrons. The Hall–Kier alpha value is -0.500. The molecule has 0 saturated heterocycles. The summed E-state index contributed by atoms with van der Waals surface area (Å²) in [4.78, 5) is 5.86. The van der Waals surface area contributed by atoms with Crippen molar-refractivity contribution in [3.05, 3.63) is 11.3 Å². The highest BCUT2D eigenvalue weighted by molar-refractivity contribution is 5.20. The van der Waals surface area contributed by atoms with Crippen LogP contribution in [0.25, 0.3) is 0 Å². The van der Waals surface area contributed by atoms with Gasteiger partial charge in [-0.1, -0.05) is 13.3 Å². The molecule has 1 saturated carbocycles. The first-order valence-corrected chi connectivity index (χ1v) is 6.85. The van der Waals surface area contributed by atoms with Crippen molar-refractivity contribution in [2.45, 2.75) is 52.0 Å². The van der Waals surface area contributed by atoms with Crippen molar-refractivity contribution in [1.29, 1.82) is 0 Å². The molecule has 2 aliphatic carbocycles. The molecule has 0 bridgehead atoms. The molecule has 2 heteroatoms. The van der Waals surface area contributed by atoms with Crippen LogP contribution in [-0.4, -0.2) is 18.2 Å². The summed E-state index contributed by atoms with van der Waals surface area (Å²) in [5, 5.41) is 2.03. The molecule has 1 aliphatic heterocycles. The van der Waals surface area contributed by atoms with Crippen molar-refractivity contribution in [2.24, 2.45) is 17.8 Å². The maximum atomic E-state index is 5.86. The zero-order valence-electron chi connectivity index (χ0n) is 10.7. The van der Waals surface area contributed by atoms with E-state index in [4.69, 9.17) is 4.84 Å². The number of allylic oxidation sites excluding steroid dienone is 1. The van der Waals surface area contributed by atoms with Crippen molar-refractivity contribution >= 4 is 0 Å². The highest BCUT2D eigenvalue weighted by atomic mass is 16.7. The third kappa shape index (κ3) is 1.50. The largest absolute Gasteiger partial charge is 0.410 e. The molecule has 0 radical (unpaired) electrons. The fraction of sp³-hybridized carbons (Fsp3) is 0.857. The Bertz CT molecular complexity index is 323. The normalized spacial score (nSPS) is 43.2. The molecule has 4 unspecified atom stereocenters. The topological polar surface area (TPSA) is 12.5 Å². The Morgan fingerprint density at radius 1 is 1.25 bits per heavy atom. The van der Waals surface area contributed by atoms with Crippen LogP contribution in [0.2, 0.25) is 0 Å². The van der Waals surface area contributed by atoms with Crippen molar-refractivity contribution in [3.8, 4) is 0 Å². The van der Waals surface area contributed by atoms with Crippen LogP contribution in [0.15, 0.2) is 11.3 Å². The molecular weight excluding hydrogens is 198 g/mol. The van der Waals surface area contributed by atoms with Gasteiger partial charge in [0.25, 0.3) is 0 Å². The molecule has 1 heterocycles. The highest BCUT2D eigenvalue weighted by Crippen LogP contribution is 2.56. The smallest absolute Gasteiger partial charge is 0.125 e. The van der Waals surface area contributed by atoms with Crippen LogP contribution in [0.4, 0.5) is 0 Å². The van der Waals surface area contributed by atoms with Gasteiger partial charge < -0.3 is 4.84 Å². The van der Waals surface area contributed by atoms with Gasteiger partial charge in [-0.2, -0.15) is 0 Å². The lowest BCUT2D eigenvalue weighted by Gasteiger charge is -2.15. The second-order valence-corrected chi connectivity index (χ2v) is 5.74. The first-order chi connectivity index (χ1) is 7.72. The molecule has 0 amide bonds. The van der Waals surface area contributed by atoms with Crippen molar-refractivity contribution in [3.63, 3.8) is 0 Å². The first-order valence-electron chi connectivity index (χ1n) is 6.85. The first kappa shape index (κ1) is 10.6. The van der Waals surface area contributed by atoms with Gasteiger partial charge in [0.1, 0.15) is 5.76 Å². The molecule has 0 N–H and O–H groups in total. The second-order valence-electron chi connectivity index (χ2n) is 5.74. The van der Waals surface area contributed by atoms with E-state index in [0.29, 0.717) is 6.04 Å². The van der Waals surface area contributed by atoms with E-state index in [0.717, 1.165) is 17.8 Å². The zero-order chi connectivity index (χ0) is 11.3. The van der Waals surface area contributed by atoms with Gasteiger partial charge in [0.15, 0.2) is 0 Å². The number of rotatable bonds is 1. The minimum absolute atomic E-state index is 0.505. The van der Waals surface area contributed by atoms with Crippen LogP contribution in [0.3, 0.4) is 0 Å². The average Bonchev–Trinajstić information content (AvgIpc) is 2.85. The van der Waals surface area contributed by atoms with Crippen molar-refractivity contribution in [1.82, 2.24) is 5.06 Å². The van der Waals surface area contributed by atoms with Gasteiger partial charge in [-0.05, 0) is 49.5 Å². The molecule has 0 spiro atoms. The summed E-state index contributed by atoms with van der Waals surface area (Å²) in [6, 6.07) is 0.505. The summed E-state index contributed by atoms with van der Waals surface area (Å²) in [5.41, 5.74) is 1.59. The Morgan fingerprint density at radius 2 is 1.94 bits per heavy atom. The van der Waals surface area contributed by atoms with Crippen molar-refractivity contribution < 1.29 is 4.84 Å². The number of hydrogen-bond donors (Lipinski definition) is 0. The Morgan fingerprint density at radius 3 is 2.62 bits per heavy atom. The van der Waals surface area contributed by atoms with Crippen molar-refractivity contribution in [2.75, 3.05) is 7.05 Å². The van der Waals surface area contributed by atoms with Crippen LogP contribution < -0.4 is 0 Å². The van der Waals surface area contributed by atoms with Gasteiger partial charge >= 0.3 is 0 Å². The molecule has 3 rings (SSSR count). The van der Waals surface area contributed by atoms with Crippen LogP contribution in [-0.2, 0) is 4.84 Å². The van der Waals surface area contributed by atoms with Gasteiger partial charge in [0.2, 0.25) is 0 Å². The lowest BCUT2D eigenvalue weighted by molar-refractivity contribution is -0.0930. The number of likely N-dealkylation sites (N-methyl/N-ethyl adjacent to an activating group) is 1. The average molecular weight is 221 g/mol. The number of hydroxylamine groups is 2. The molecule has 3 aliphatic rings. The molecule has 16 heavy (non-hydrogen) atoms. The fourth-order valence-corrected chi connectivity index (χ4v) is 3.92. The Balaban J connectivity index is 1.73. The van der Waals surface area contributed by atoms with Crippen LogP contribution >= 0.6 is 0 Å². The standard InChI is InChI=1S/C14H23NO/c1-4-10-12-6-5-11-9(2)15(3)16-14(11)8-7-13(10)12/h9-10,12-13H,4-8H2,1-3H3. The Kier molecular flexibility index (Phi) is 2.50. The van der Waals surface area contributed by atoms with Crippen LogP contribution in [0.5, 0.6) is 0 Å². The summed E-state index contributed by atoms with van der Waals surface area (Å²) < 4.78 is 0. The van der Waals surface area contributed by atoms with Gasteiger partial charge in [-0.25, -0.2) is 0 Å². The number of hydrogen-bond acceptors (Lipinski definition) is 2. The van der Waals surface area contributed by atoms with E-state index in [-0.39, 0.29) is 0 Å². The maximum absolute atomic E-state index is 5.86. The molecule has 2 nitrogen and oxygen atoms in total. The van der Waals surface area contributed by atoms with Gasteiger partial charge in [0, 0.05) is 13.5 Å². The predicted molar refractivity (Wildman–Crippen MR) is 64.6 cm³/mol. The fourth-order valence-electron chi connectivity index (χ4n) is 3.92. The maximum Gasteiger partial charge on any atom is 0.125 e. The highest BCUT2D eigenvalue weighted by Gasteiger charge is 2.49. The zero-order valence-corrected chi connectivity index (χ0v) is 10.7. The van der Waals surface area contributed by atoms with E-state index in [9.17, 15) is 0 Å². The van der Waals surface area contributed by atoms with E-state index in [1.807, 2.05) is 5.06 Å². The quantitative estimate of drug-likeness (QED) is 0.673. The molecule has 0 aromatic rings. The Labute approximate surface area is 98.6 Å². The van der Waals surface area contributed by atoms with Crippen LogP contribution in [0, 0.1) is 17.8 Å². The van der Waals surface area contributed by atoms with E-state index >= 15 is 0 Å². The molecule has 4 atom stereocenters. The summed E-state index contributed by atoms with van der Waals surface area (Å²) in [6.07, 6.45) is 6.61. The summed E-state index contributed by atoms with van der Waals surface area (Å²) in [7, 11) is 2.06. The van der Waals surface area contributed by atoms with E-state index in [1.54, 1.807) is 5.57 Å². The summed E-state index contributed by atoms with van der Waals surface area (Å²) >= 11 is 0. The minimum atomic E-state index is 0.505. The predicted octanol–water partition coefficient (Wildman–Crippen LogP) is 3.35. The second kappa shape index (κ2) is 3.76. The summed E-state index contributed by atoms with van der Waals surface area (Å²) in [5.74, 6) is 4.39. The third-order valence-corrected chi connectivity index (χ3v) is 5.09. The lowest BCUT2D eigenvalue weighted by atomic mass is 9.95. The van der Waals surface area contributed by atoms with Gasteiger partial charge in [0.05, 0.1) is 6.04 Å². The molecule has 1 fully saturated rings. The van der Waals surface area contributed by atoms with E-state index in [2.05, 4.69) is 20.9 Å².